The molecule has 4 rings (SSSR count). The zero-order chi connectivity index (χ0) is 26.2. The van der Waals surface area contributed by atoms with Crippen LogP contribution in [0.4, 0.5) is 4.39 Å². The normalized spacial score (nSPS) is 13.9. The van der Waals surface area contributed by atoms with Gasteiger partial charge in [-0.2, -0.15) is 0 Å². The lowest BCUT2D eigenvalue weighted by Crippen LogP contribution is -2.47. The fourth-order valence-corrected chi connectivity index (χ4v) is 5.06. The molecule has 10 heteroatoms. The van der Waals surface area contributed by atoms with Crippen LogP contribution >= 0.6 is 34.5 Å². The van der Waals surface area contributed by atoms with Gasteiger partial charge in [-0.05, 0) is 47.3 Å². The van der Waals surface area contributed by atoms with Crippen molar-refractivity contribution in [1.82, 2.24) is 14.7 Å². The third kappa shape index (κ3) is 7.99. The van der Waals surface area contributed by atoms with E-state index in [1.54, 1.807) is 45.4 Å². The SMILES string of the molecule is O=C(CN(CCN1CCOCC1)C(=O)c1ccc(Cl)c(Cl)c1)N(Cc1ccc(F)cc1)Cc1cccs1. The number of thiophene rings is 1. The van der Waals surface area contributed by atoms with Crippen molar-refractivity contribution in [3.63, 3.8) is 0 Å². The summed E-state index contributed by atoms with van der Waals surface area (Å²) in [6, 6.07) is 14.7. The number of nitrogens with zero attached hydrogens (tertiary/aromatic N) is 3. The maximum Gasteiger partial charge on any atom is 0.254 e. The number of morpholine rings is 1. The first-order valence-electron chi connectivity index (χ1n) is 12.0. The van der Waals surface area contributed by atoms with Gasteiger partial charge in [0.25, 0.3) is 5.91 Å². The van der Waals surface area contributed by atoms with Crippen LogP contribution in [0.2, 0.25) is 10.0 Å². The van der Waals surface area contributed by atoms with E-state index in [1.165, 1.54) is 18.2 Å². The van der Waals surface area contributed by atoms with Crippen molar-refractivity contribution in [2.45, 2.75) is 13.1 Å². The molecule has 1 aromatic heterocycles. The van der Waals surface area contributed by atoms with E-state index in [4.69, 9.17) is 27.9 Å². The second-order valence-electron chi connectivity index (χ2n) is 8.77. The number of hydrogen-bond acceptors (Lipinski definition) is 5. The summed E-state index contributed by atoms with van der Waals surface area (Å²) in [6.07, 6.45) is 0. The van der Waals surface area contributed by atoms with Crippen molar-refractivity contribution in [3.8, 4) is 0 Å². The van der Waals surface area contributed by atoms with Crippen LogP contribution in [0.5, 0.6) is 0 Å². The summed E-state index contributed by atoms with van der Waals surface area (Å²) in [4.78, 5) is 33.7. The number of amides is 2. The van der Waals surface area contributed by atoms with Gasteiger partial charge in [-0.1, -0.05) is 41.4 Å². The predicted molar refractivity (Wildman–Crippen MR) is 145 cm³/mol. The van der Waals surface area contributed by atoms with Crippen molar-refractivity contribution in [2.75, 3.05) is 45.9 Å². The highest BCUT2D eigenvalue weighted by molar-refractivity contribution is 7.09. The monoisotopic (exact) mass is 563 g/mol. The quantitative estimate of drug-likeness (QED) is 0.340. The van der Waals surface area contributed by atoms with E-state index < -0.39 is 0 Å². The molecule has 0 aliphatic carbocycles. The highest BCUT2D eigenvalue weighted by Gasteiger charge is 2.24. The molecule has 1 aliphatic rings. The van der Waals surface area contributed by atoms with Crippen molar-refractivity contribution in [3.05, 3.63) is 91.8 Å². The number of carbonyl (C=O) groups excluding carboxylic acids is 2. The summed E-state index contributed by atoms with van der Waals surface area (Å²) in [6.45, 7) is 4.42. The first-order valence-corrected chi connectivity index (χ1v) is 13.6. The Morgan fingerprint density at radius 2 is 1.73 bits per heavy atom. The first-order chi connectivity index (χ1) is 17.9. The number of rotatable bonds is 10. The number of halogens is 3. The maximum atomic E-state index is 13.6. The van der Waals surface area contributed by atoms with Crippen molar-refractivity contribution in [1.29, 1.82) is 0 Å². The molecule has 0 spiro atoms. The Bertz CT molecular complexity index is 1190. The average molecular weight is 565 g/mol. The third-order valence-corrected chi connectivity index (χ3v) is 7.74. The fraction of sp³-hybridized carbons (Fsp3) is 0.333. The zero-order valence-electron chi connectivity index (χ0n) is 20.2. The number of carbonyl (C=O) groups is 2. The minimum absolute atomic E-state index is 0.101. The van der Waals surface area contributed by atoms with Crippen LogP contribution in [-0.2, 0) is 22.6 Å². The highest BCUT2D eigenvalue weighted by atomic mass is 35.5. The molecular formula is C27H28Cl2FN3O3S. The molecule has 1 fully saturated rings. The van der Waals surface area contributed by atoms with E-state index in [9.17, 15) is 14.0 Å². The van der Waals surface area contributed by atoms with Crippen molar-refractivity contribution in [2.24, 2.45) is 0 Å². The maximum absolute atomic E-state index is 13.6. The second kappa shape index (κ2) is 13.3. The van der Waals surface area contributed by atoms with Gasteiger partial charge in [0.05, 0.1) is 29.8 Å². The Hall–Kier alpha value is -2.49. The van der Waals surface area contributed by atoms with Crippen molar-refractivity contribution >= 4 is 46.4 Å². The molecule has 0 radical (unpaired) electrons. The summed E-state index contributed by atoms with van der Waals surface area (Å²) in [5.41, 5.74) is 1.18. The summed E-state index contributed by atoms with van der Waals surface area (Å²) in [5, 5.41) is 2.59. The van der Waals surface area contributed by atoms with Crippen molar-refractivity contribution < 1.29 is 18.7 Å². The Kier molecular flexibility index (Phi) is 9.94. The van der Waals surface area contributed by atoms with E-state index in [1.807, 2.05) is 17.5 Å². The summed E-state index contributed by atoms with van der Waals surface area (Å²) < 4.78 is 18.9. The molecule has 2 heterocycles. The molecule has 0 N–H and O–H groups in total. The Balaban J connectivity index is 1.53. The molecule has 0 unspecified atom stereocenters. The predicted octanol–water partition coefficient (Wildman–Crippen LogP) is 5.20. The Morgan fingerprint density at radius 3 is 2.41 bits per heavy atom. The van der Waals surface area contributed by atoms with E-state index >= 15 is 0 Å². The van der Waals surface area contributed by atoms with Crippen LogP contribution in [0.3, 0.4) is 0 Å². The first kappa shape index (κ1) is 27.5. The van der Waals surface area contributed by atoms with Gasteiger partial charge < -0.3 is 14.5 Å². The topological polar surface area (TPSA) is 53.1 Å². The zero-order valence-corrected chi connectivity index (χ0v) is 22.6. The lowest BCUT2D eigenvalue weighted by atomic mass is 10.2. The van der Waals surface area contributed by atoms with Crippen LogP contribution in [0.25, 0.3) is 0 Å². The van der Waals surface area contributed by atoms with Crippen LogP contribution in [0.15, 0.2) is 60.0 Å². The molecule has 1 saturated heterocycles. The Labute approximate surface area is 230 Å². The van der Waals surface area contributed by atoms with Crippen LogP contribution in [-0.4, -0.2) is 72.5 Å². The average Bonchev–Trinajstić information content (AvgIpc) is 3.42. The third-order valence-electron chi connectivity index (χ3n) is 6.14. The smallest absolute Gasteiger partial charge is 0.254 e. The molecule has 1 aliphatic heterocycles. The molecular weight excluding hydrogens is 536 g/mol. The van der Waals surface area contributed by atoms with E-state index in [0.29, 0.717) is 50.0 Å². The van der Waals surface area contributed by atoms with E-state index in [2.05, 4.69) is 4.90 Å². The van der Waals surface area contributed by atoms with Gasteiger partial charge >= 0.3 is 0 Å². The van der Waals surface area contributed by atoms with Gasteiger partial charge in [-0.3, -0.25) is 14.5 Å². The fourth-order valence-electron chi connectivity index (χ4n) is 4.05. The van der Waals surface area contributed by atoms with Crippen LogP contribution in [0.1, 0.15) is 20.8 Å². The largest absolute Gasteiger partial charge is 0.379 e. The summed E-state index contributed by atoms with van der Waals surface area (Å²) in [5.74, 6) is -0.826. The number of hydrogen-bond donors (Lipinski definition) is 0. The second-order valence-corrected chi connectivity index (χ2v) is 10.6. The standard InChI is InChI=1S/C27H28Cl2FN3O3S/c28-24-8-5-21(16-25(24)29)27(35)32(10-9-31-11-13-36-14-12-31)19-26(34)33(18-23-2-1-15-37-23)17-20-3-6-22(30)7-4-20/h1-8,15-16H,9-14,17-19H2. The van der Waals surface area contributed by atoms with Gasteiger partial charge in [0.1, 0.15) is 12.4 Å². The lowest BCUT2D eigenvalue weighted by Gasteiger charge is -2.31. The van der Waals surface area contributed by atoms with Gasteiger partial charge in [-0.25, -0.2) is 4.39 Å². The van der Waals surface area contributed by atoms with Gasteiger partial charge in [0, 0.05) is 43.2 Å². The molecule has 2 aromatic carbocycles. The Morgan fingerprint density at radius 1 is 0.973 bits per heavy atom. The van der Waals surface area contributed by atoms with E-state index in [-0.39, 0.29) is 29.2 Å². The number of benzene rings is 2. The minimum Gasteiger partial charge on any atom is -0.379 e. The van der Waals surface area contributed by atoms with Gasteiger partial charge in [0.15, 0.2) is 0 Å². The molecule has 0 bridgehead atoms. The minimum atomic E-state index is -0.332. The van der Waals surface area contributed by atoms with Gasteiger partial charge in [-0.15, -0.1) is 11.3 Å². The lowest BCUT2D eigenvalue weighted by molar-refractivity contribution is -0.133. The van der Waals surface area contributed by atoms with E-state index in [0.717, 1.165) is 23.5 Å². The molecule has 0 saturated carbocycles. The molecule has 2 amide bonds. The summed E-state index contributed by atoms with van der Waals surface area (Å²) in [7, 11) is 0. The highest BCUT2D eigenvalue weighted by Crippen LogP contribution is 2.23. The van der Waals surface area contributed by atoms with Gasteiger partial charge in [0.2, 0.25) is 5.91 Å². The molecule has 6 nitrogen and oxygen atoms in total. The van der Waals surface area contributed by atoms with Crippen LogP contribution < -0.4 is 0 Å². The molecule has 3 aromatic rings. The molecule has 0 atom stereocenters. The molecule has 37 heavy (non-hydrogen) atoms. The number of ether oxygens (including phenoxy) is 1. The van der Waals surface area contributed by atoms with Crippen LogP contribution in [0, 0.1) is 5.82 Å². The summed E-state index contributed by atoms with van der Waals surface area (Å²) >= 11 is 13.8. The molecule has 196 valence electrons.